The molecule has 0 spiro atoms. The third-order valence-corrected chi connectivity index (χ3v) is 5.54. The number of carboxylic acid groups (broad SMARTS) is 1. The standard InChI is InChI=1S/C17H20N2O3S/c1-10-8-14(16-18-9-15(23-16)17(20)21)11(2)19(10)12-4-6-13(22-3)7-5-12/h4-8,15-16,18H,9H2,1-3H3,(H,20,21)/t15-,16-/m1/s1. The molecule has 2 atom stereocenters. The molecule has 1 aliphatic heterocycles. The van der Waals surface area contributed by atoms with E-state index in [1.165, 1.54) is 11.8 Å². The Kier molecular flexibility index (Phi) is 4.37. The highest BCUT2D eigenvalue weighted by molar-refractivity contribution is 8.01. The lowest BCUT2D eigenvalue weighted by Gasteiger charge is -2.13. The van der Waals surface area contributed by atoms with Crippen LogP contribution in [0.25, 0.3) is 5.69 Å². The Bertz CT molecular complexity index is 724. The molecule has 1 aromatic heterocycles. The number of nitrogens with zero attached hydrogens (tertiary/aromatic N) is 1. The zero-order valence-corrected chi connectivity index (χ0v) is 14.2. The Hall–Kier alpha value is -1.92. The highest BCUT2D eigenvalue weighted by Gasteiger charge is 2.32. The Morgan fingerprint density at radius 1 is 1.35 bits per heavy atom. The molecule has 1 saturated heterocycles. The molecule has 0 saturated carbocycles. The third-order valence-electron chi connectivity index (χ3n) is 4.15. The molecule has 1 fully saturated rings. The molecular weight excluding hydrogens is 312 g/mol. The predicted molar refractivity (Wildman–Crippen MR) is 91.6 cm³/mol. The van der Waals surface area contributed by atoms with Crippen molar-refractivity contribution in [2.75, 3.05) is 13.7 Å². The maximum atomic E-state index is 11.1. The van der Waals surface area contributed by atoms with Crippen molar-refractivity contribution in [3.8, 4) is 11.4 Å². The highest BCUT2D eigenvalue weighted by Crippen LogP contribution is 2.38. The maximum Gasteiger partial charge on any atom is 0.318 e. The summed E-state index contributed by atoms with van der Waals surface area (Å²) in [7, 11) is 1.65. The van der Waals surface area contributed by atoms with E-state index in [1.807, 2.05) is 24.3 Å². The van der Waals surface area contributed by atoms with Crippen molar-refractivity contribution in [3.63, 3.8) is 0 Å². The minimum Gasteiger partial charge on any atom is -0.497 e. The summed E-state index contributed by atoms with van der Waals surface area (Å²) in [6, 6.07) is 10.1. The van der Waals surface area contributed by atoms with E-state index in [2.05, 4.69) is 29.8 Å². The Morgan fingerprint density at radius 2 is 2.04 bits per heavy atom. The molecule has 5 nitrogen and oxygen atoms in total. The summed E-state index contributed by atoms with van der Waals surface area (Å²) >= 11 is 1.47. The number of ether oxygens (including phenoxy) is 1. The minimum atomic E-state index is -0.756. The molecule has 0 amide bonds. The number of hydrogen-bond acceptors (Lipinski definition) is 4. The average Bonchev–Trinajstić information content (AvgIpc) is 3.13. The number of carboxylic acids is 1. The van der Waals surface area contributed by atoms with Crippen molar-refractivity contribution in [1.29, 1.82) is 0 Å². The van der Waals surface area contributed by atoms with Crippen molar-refractivity contribution < 1.29 is 14.6 Å². The van der Waals surface area contributed by atoms with Crippen LogP contribution in [0.1, 0.15) is 22.3 Å². The number of rotatable bonds is 4. The summed E-state index contributed by atoms with van der Waals surface area (Å²) in [6.45, 7) is 4.63. The topological polar surface area (TPSA) is 63.5 Å². The monoisotopic (exact) mass is 332 g/mol. The molecule has 3 rings (SSSR count). The smallest absolute Gasteiger partial charge is 0.318 e. The summed E-state index contributed by atoms with van der Waals surface area (Å²) in [5.41, 5.74) is 4.48. The van der Waals surface area contributed by atoms with Crippen LogP contribution >= 0.6 is 11.8 Å². The van der Waals surface area contributed by atoms with Gasteiger partial charge in [-0.25, -0.2) is 0 Å². The summed E-state index contributed by atoms with van der Waals surface area (Å²) in [5.74, 6) is 0.0720. The van der Waals surface area contributed by atoms with Gasteiger partial charge in [-0.1, -0.05) is 0 Å². The van der Waals surface area contributed by atoms with Crippen LogP contribution in [-0.2, 0) is 4.79 Å². The molecule has 1 aliphatic rings. The molecule has 0 aliphatic carbocycles. The van der Waals surface area contributed by atoms with Gasteiger partial charge in [0, 0.05) is 29.2 Å². The van der Waals surface area contributed by atoms with Gasteiger partial charge in [0.25, 0.3) is 0 Å². The SMILES string of the molecule is COc1ccc(-n2c(C)cc([C@@H]3NC[C@H](C(=O)O)S3)c2C)cc1. The van der Waals surface area contributed by atoms with Crippen LogP contribution in [0.2, 0.25) is 0 Å². The van der Waals surface area contributed by atoms with Gasteiger partial charge in [-0.3, -0.25) is 10.1 Å². The second kappa shape index (κ2) is 6.29. The van der Waals surface area contributed by atoms with E-state index in [1.54, 1.807) is 7.11 Å². The predicted octanol–water partition coefficient (Wildman–Crippen LogP) is 2.89. The van der Waals surface area contributed by atoms with Crippen LogP contribution in [0.15, 0.2) is 30.3 Å². The van der Waals surface area contributed by atoms with E-state index in [4.69, 9.17) is 9.84 Å². The summed E-state index contributed by atoms with van der Waals surface area (Å²) in [4.78, 5) is 11.1. The van der Waals surface area contributed by atoms with Gasteiger partial charge >= 0.3 is 5.97 Å². The second-order valence-corrected chi connectivity index (χ2v) is 6.92. The zero-order valence-electron chi connectivity index (χ0n) is 13.4. The first kappa shape index (κ1) is 16.0. The molecule has 23 heavy (non-hydrogen) atoms. The summed E-state index contributed by atoms with van der Waals surface area (Å²) < 4.78 is 7.39. The van der Waals surface area contributed by atoms with Gasteiger partial charge in [-0.15, -0.1) is 11.8 Å². The molecule has 2 N–H and O–H groups in total. The Balaban J connectivity index is 1.92. The largest absolute Gasteiger partial charge is 0.497 e. The fourth-order valence-electron chi connectivity index (χ4n) is 2.98. The molecule has 2 aromatic rings. The first-order valence-corrected chi connectivity index (χ1v) is 8.40. The van der Waals surface area contributed by atoms with Gasteiger partial charge in [-0.2, -0.15) is 0 Å². The van der Waals surface area contributed by atoms with Crippen molar-refractivity contribution in [1.82, 2.24) is 9.88 Å². The van der Waals surface area contributed by atoms with Crippen molar-refractivity contribution in [2.45, 2.75) is 24.5 Å². The molecule has 6 heteroatoms. The molecule has 1 aromatic carbocycles. The molecule has 0 bridgehead atoms. The summed E-state index contributed by atoms with van der Waals surface area (Å²) in [6.07, 6.45) is 0. The fourth-order valence-corrected chi connectivity index (χ4v) is 4.20. The van der Waals surface area contributed by atoms with Crippen LogP contribution in [0.3, 0.4) is 0 Å². The number of aliphatic carboxylic acids is 1. The van der Waals surface area contributed by atoms with Gasteiger partial charge < -0.3 is 14.4 Å². The number of hydrogen-bond donors (Lipinski definition) is 2. The lowest BCUT2D eigenvalue weighted by Crippen LogP contribution is -2.21. The van der Waals surface area contributed by atoms with Gasteiger partial charge in [0.05, 0.1) is 12.5 Å². The van der Waals surface area contributed by atoms with E-state index in [9.17, 15) is 4.79 Å². The lowest BCUT2D eigenvalue weighted by atomic mass is 10.2. The van der Waals surface area contributed by atoms with E-state index in [0.29, 0.717) is 6.54 Å². The van der Waals surface area contributed by atoms with E-state index in [0.717, 1.165) is 28.4 Å². The van der Waals surface area contributed by atoms with Crippen molar-refractivity contribution in [3.05, 3.63) is 47.3 Å². The number of thioether (sulfide) groups is 1. The van der Waals surface area contributed by atoms with E-state index >= 15 is 0 Å². The average molecular weight is 332 g/mol. The number of carbonyl (C=O) groups is 1. The third kappa shape index (κ3) is 2.96. The maximum absolute atomic E-state index is 11.1. The quantitative estimate of drug-likeness (QED) is 0.901. The van der Waals surface area contributed by atoms with Crippen molar-refractivity contribution in [2.24, 2.45) is 0 Å². The molecule has 2 heterocycles. The molecule has 0 unspecified atom stereocenters. The van der Waals surface area contributed by atoms with Gasteiger partial charge in [-0.05, 0) is 44.2 Å². The Morgan fingerprint density at radius 3 is 2.61 bits per heavy atom. The van der Waals surface area contributed by atoms with Crippen LogP contribution in [-0.4, -0.2) is 34.5 Å². The highest BCUT2D eigenvalue weighted by atomic mass is 32.2. The van der Waals surface area contributed by atoms with Gasteiger partial charge in [0.2, 0.25) is 0 Å². The van der Waals surface area contributed by atoms with Gasteiger partial charge in [0.15, 0.2) is 0 Å². The van der Waals surface area contributed by atoms with Crippen LogP contribution in [0, 0.1) is 13.8 Å². The van der Waals surface area contributed by atoms with Gasteiger partial charge in [0.1, 0.15) is 11.0 Å². The lowest BCUT2D eigenvalue weighted by molar-refractivity contribution is -0.136. The van der Waals surface area contributed by atoms with Crippen molar-refractivity contribution >= 4 is 17.7 Å². The Labute approximate surface area is 139 Å². The first-order valence-electron chi connectivity index (χ1n) is 7.46. The fraction of sp³-hybridized carbons (Fsp3) is 0.353. The number of benzene rings is 1. The van der Waals surface area contributed by atoms with Crippen LogP contribution in [0.4, 0.5) is 0 Å². The van der Waals surface area contributed by atoms with Crippen LogP contribution < -0.4 is 10.1 Å². The molecule has 122 valence electrons. The molecule has 0 radical (unpaired) electrons. The number of aryl methyl sites for hydroxylation is 1. The second-order valence-electron chi connectivity index (χ2n) is 5.61. The minimum absolute atomic E-state index is 0.0225. The first-order chi connectivity index (χ1) is 11.0. The summed E-state index contributed by atoms with van der Waals surface area (Å²) in [5, 5.41) is 12.1. The number of nitrogens with one attached hydrogen (secondary N) is 1. The normalized spacial score (nSPS) is 20.7. The number of methoxy groups -OCH3 is 1. The molecular formula is C17H20N2O3S. The van der Waals surface area contributed by atoms with E-state index in [-0.39, 0.29) is 10.6 Å². The van der Waals surface area contributed by atoms with Crippen LogP contribution in [0.5, 0.6) is 5.75 Å². The number of aromatic nitrogens is 1. The van der Waals surface area contributed by atoms with E-state index < -0.39 is 5.97 Å². The zero-order chi connectivity index (χ0) is 16.6.